The van der Waals surface area contributed by atoms with Gasteiger partial charge in [-0.15, -0.1) is 0 Å². The highest BCUT2D eigenvalue weighted by molar-refractivity contribution is 6.05. The fourth-order valence-corrected chi connectivity index (χ4v) is 4.97. The third-order valence-corrected chi connectivity index (χ3v) is 7.56. The van der Waals surface area contributed by atoms with Crippen molar-refractivity contribution in [3.63, 3.8) is 0 Å². The Bertz CT molecular complexity index is 1210. The van der Waals surface area contributed by atoms with Crippen molar-refractivity contribution < 1.29 is 29.0 Å². The van der Waals surface area contributed by atoms with Crippen LogP contribution in [-0.4, -0.2) is 90.4 Å². The van der Waals surface area contributed by atoms with Crippen LogP contribution in [0.5, 0.6) is 5.75 Å². The first-order valence-corrected chi connectivity index (χ1v) is 15.2. The predicted octanol–water partition coefficient (Wildman–Crippen LogP) is 4.78. The minimum Gasteiger partial charge on any atom is -0.490 e. The molecule has 0 aliphatic carbocycles. The normalized spacial score (nSPS) is 20.8. The summed E-state index contributed by atoms with van der Waals surface area (Å²) in [5.41, 5.74) is 1.26. The van der Waals surface area contributed by atoms with Crippen molar-refractivity contribution >= 4 is 23.5 Å². The maximum atomic E-state index is 14.2. The van der Waals surface area contributed by atoms with Crippen molar-refractivity contribution in [3.8, 4) is 5.75 Å². The first kappa shape index (κ1) is 33.9. The van der Waals surface area contributed by atoms with Crippen LogP contribution in [0, 0.1) is 5.92 Å². The van der Waals surface area contributed by atoms with E-state index in [1.54, 1.807) is 66.2 Å². The van der Waals surface area contributed by atoms with E-state index in [9.17, 15) is 19.5 Å². The highest BCUT2D eigenvalue weighted by atomic mass is 16.5. The van der Waals surface area contributed by atoms with Crippen LogP contribution in [0.4, 0.5) is 10.5 Å². The third-order valence-electron chi connectivity index (χ3n) is 7.56. The van der Waals surface area contributed by atoms with Crippen molar-refractivity contribution in [2.75, 3.05) is 38.7 Å². The molecule has 0 fully saturated rings. The number of likely N-dealkylation sites (N-methyl/N-ethyl adjacent to an activating group) is 1. The van der Waals surface area contributed by atoms with E-state index in [1.165, 1.54) is 0 Å². The van der Waals surface area contributed by atoms with Crippen LogP contribution in [0.15, 0.2) is 48.5 Å². The quantitative estimate of drug-likeness (QED) is 0.423. The third kappa shape index (κ3) is 9.96. The number of nitrogens with zero attached hydrogens (tertiary/aromatic N) is 2. The zero-order valence-electron chi connectivity index (χ0n) is 26.3. The zero-order valence-corrected chi connectivity index (χ0v) is 26.3. The SMILES string of the molecule is CC(C)NC(=O)N(C)C[C@@H]1OCCCC[C@H](C)Oc2ccc(NC(=O)c3ccccc3)cc2C(=O)N([C@@H](C)CO)C[C@@H]1C. The van der Waals surface area contributed by atoms with Gasteiger partial charge >= 0.3 is 6.03 Å². The number of carbonyl (C=O) groups excluding carboxylic acids is 3. The summed E-state index contributed by atoms with van der Waals surface area (Å²) in [6.45, 7) is 10.5. The number of carbonyl (C=O) groups is 3. The summed E-state index contributed by atoms with van der Waals surface area (Å²) in [5, 5.41) is 15.9. The zero-order chi connectivity index (χ0) is 31.5. The van der Waals surface area contributed by atoms with E-state index >= 15 is 0 Å². The molecule has 2 aromatic carbocycles. The van der Waals surface area contributed by atoms with Gasteiger partial charge in [0.15, 0.2) is 0 Å². The first-order valence-electron chi connectivity index (χ1n) is 15.2. The summed E-state index contributed by atoms with van der Waals surface area (Å²) in [6, 6.07) is 13.3. The lowest BCUT2D eigenvalue weighted by atomic mass is 10.0. The Hall–Kier alpha value is -3.63. The molecule has 2 aromatic rings. The van der Waals surface area contributed by atoms with E-state index in [-0.39, 0.29) is 55.2 Å². The smallest absolute Gasteiger partial charge is 0.317 e. The second-order valence-electron chi connectivity index (χ2n) is 11.8. The van der Waals surface area contributed by atoms with Gasteiger partial charge in [0, 0.05) is 50.0 Å². The second kappa shape index (κ2) is 16.3. The van der Waals surface area contributed by atoms with Gasteiger partial charge < -0.3 is 35.0 Å². The van der Waals surface area contributed by atoms with E-state index in [0.717, 1.165) is 19.3 Å². The highest BCUT2D eigenvalue weighted by Crippen LogP contribution is 2.29. The van der Waals surface area contributed by atoms with Gasteiger partial charge in [0.05, 0.1) is 30.4 Å². The van der Waals surface area contributed by atoms with Crippen molar-refractivity contribution in [2.24, 2.45) is 5.92 Å². The van der Waals surface area contributed by atoms with Crippen molar-refractivity contribution in [2.45, 2.75) is 78.2 Å². The predicted molar refractivity (Wildman–Crippen MR) is 168 cm³/mol. The van der Waals surface area contributed by atoms with E-state index in [2.05, 4.69) is 10.6 Å². The van der Waals surface area contributed by atoms with Crippen LogP contribution in [0.2, 0.25) is 0 Å². The summed E-state index contributed by atoms with van der Waals surface area (Å²) in [7, 11) is 1.74. The fraction of sp³-hybridized carbons (Fsp3) is 0.545. The van der Waals surface area contributed by atoms with Gasteiger partial charge in [0.1, 0.15) is 5.75 Å². The number of anilines is 1. The molecule has 0 spiro atoms. The second-order valence-corrected chi connectivity index (χ2v) is 11.8. The van der Waals surface area contributed by atoms with Crippen LogP contribution in [0.1, 0.15) is 74.6 Å². The van der Waals surface area contributed by atoms with Crippen molar-refractivity contribution in [1.82, 2.24) is 15.1 Å². The molecule has 236 valence electrons. The molecular weight excluding hydrogens is 548 g/mol. The largest absolute Gasteiger partial charge is 0.490 e. The Morgan fingerprint density at radius 2 is 1.81 bits per heavy atom. The summed E-state index contributed by atoms with van der Waals surface area (Å²) in [5.74, 6) is -0.358. The average molecular weight is 597 g/mol. The van der Waals surface area contributed by atoms with Gasteiger partial charge in [-0.2, -0.15) is 0 Å². The van der Waals surface area contributed by atoms with Crippen LogP contribution < -0.4 is 15.4 Å². The molecule has 0 aromatic heterocycles. The topological polar surface area (TPSA) is 120 Å². The van der Waals surface area contributed by atoms with Crippen molar-refractivity contribution in [1.29, 1.82) is 0 Å². The van der Waals surface area contributed by atoms with Gasteiger partial charge in [-0.05, 0) is 77.3 Å². The standard InChI is InChI=1S/C33H48N4O6/c1-22(2)34-33(41)36(6)20-30-23(3)19-37(24(4)21-38)32(40)28-18-27(35-31(39)26-13-8-7-9-14-26)15-16-29(28)43-25(5)12-10-11-17-42-30/h7-9,13-16,18,22-25,30,38H,10-12,17,19-21H2,1-6H3,(H,34,41)(H,35,39)/t23-,24-,25-,30-/m0/s1. The number of rotatable bonds is 7. The van der Waals surface area contributed by atoms with E-state index < -0.39 is 6.04 Å². The van der Waals surface area contributed by atoms with Gasteiger partial charge in [0.25, 0.3) is 11.8 Å². The van der Waals surface area contributed by atoms with Gasteiger partial charge in [-0.1, -0.05) is 25.1 Å². The molecule has 3 rings (SSSR count). The maximum Gasteiger partial charge on any atom is 0.317 e. The number of aliphatic hydroxyl groups excluding tert-OH is 1. The molecular formula is C33H48N4O6. The van der Waals surface area contributed by atoms with Gasteiger partial charge in [-0.3, -0.25) is 9.59 Å². The molecule has 0 unspecified atom stereocenters. The van der Waals surface area contributed by atoms with Crippen LogP contribution in [0.25, 0.3) is 0 Å². The molecule has 0 saturated heterocycles. The molecule has 4 amide bonds. The molecule has 1 aliphatic heterocycles. The minimum absolute atomic E-state index is 0.00227. The lowest BCUT2D eigenvalue weighted by Gasteiger charge is -2.36. The molecule has 0 saturated carbocycles. The van der Waals surface area contributed by atoms with E-state index in [1.807, 2.05) is 33.8 Å². The highest BCUT2D eigenvalue weighted by Gasteiger charge is 2.31. The molecule has 43 heavy (non-hydrogen) atoms. The Morgan fingerprint density at radius 3 is 2.49 bits per heavy atom. The number of ether oxygens (including phenoxy) is 2. The summed E-state index contributed by atoms with van der Waals surface area (Å²) >= 11 is 0. The number of nitrogens with one attached hydrogen (secondary N) is 2. The van der Waals surface area contributed by atoms with E-state index in [4.69, 9.17) is 9.47 Å². The number of benzene rings is 2. The monoisotopic (exact) mass is 596 g/mol. The number of hydrogen-bond donors (Lipinski definition) is 3. The minimum atomic E-state index is -0.502. The number of aliphatic hydroxyl groups is 1. The van der Waals surface area contributed by atoms with Crippen LogP contribution in [-0.2, 0) is 4.74 Å². The molecule has 4 atom stereocenters. The summed E-state index contributed by atoms with van der Waals surface area (Å²) in [6.07, 6.45) is 1.96. The number of hydrogen-bond acceptors (Lipinski definition) is 6. The molecule has 1 aliphatic rings. The number of fused-ring (bicyclic) bond motifs is 1. The first-order chi connectivity index (χ1) is 20.5. The van der Waals surface area contributed by atoms with Crippen LogP contribution in [0.3, 0.4) is 0 Å². The molecule has 10 heteroatoms. The Kier molecular flexibility index (Phi) is 12.8. The molecule has 3 N–H and O–H groups in total. The maximum absolute atomic E-state index is 14.2. The lowest BCUT2D eigenvalue weighted by Crippen LogP contribution is -2.49. The fourth-order valence-electron chi connectivity index (χ4n) is 4.97. The van der Waals surface area contributed by atoms with Gasteiger partial charge in [0.2, 0.25) is 0 Å². The van der Waals surface area contributed by atoms with E-state index in [0.29, 0.717) is 35.7 Å². The number of urea groups is 1. The Morgan fingerprint density at radius 1 is 1.09 bits per heavy atom. The van der Waals surface area contributed by atoms with Crippen molar-refractivity contribution in [3.05, 3.63) is 59.7 Å². The Balaban J connectivity index is 1.94. The molecule has 10 nitrogen and oxygen atoms in total. The van der Waals surface area contributed by atoms with Gasteiger partial charge in [-0.25, -0.2) is 4.79 Å². The average Bonchev–Trinajstić information content (AvgIpc) is 2.98. The molecule has 0 radical (unpaired) electrons. The Labute approximate surface area is 255 Å². The number of amides is 4. The van der Waals surface area contributed by atoms with Crippen LogP contribution >= 0.6 is 0 Å². The summed E-state index contributed by atoms with van der Waals surface area (Å²) < 4.78 is 12.6. The summed E-state index contributed by atoms with van der Waals surface area (Å²) in [4.78, 5) is 43.0. The molecule has 1 heterocycles. The molecule has 0 bridgehead atoms. The lowest BCUT2D eigenvalue weighted by molar-refractivity contribution is -0.0122.